The van der Waals surface area contributed by atoms with E-state index in [1.54, 1.807) is 50.6 Å². The topological polar surface area (TPSA) is 47.6 Å². The number of methoxy groups -OCH3 is 2. The number of carbonyl (C=O) groups excluding carboxylic acids is 1. The Hall–Kier alpha value is -2.82. The molecule has 0 aliphatic carbocycles. The van der Waals surface area contributed by atoms with Gasteiger partial charge in [0.15, 0.2) is 11.5 Å². The fourth-order valence-corrected chi connectivity index (χ4v) is 2.01. The van der Waals surface area contributed by atoms with Gasteiger partial charge >= 0.3 is 0 Å². The third kappa shape index (κ3) is 4.57. The first-order valence-corrected chi connectivity index (χ1v) is 7.05. The van der Waals surface area contributed by atoms with E-state index in [0.717, 1.165) is 5.56 Å². The highest BCUT2D eigenvalue weighted by Gasteiger charge is 2.04. The number of hydrogen-bond acceptors (Lipinski definition) is 3. The lowest BCUT2D eigenvalue weighted by molar-refractivity contribution is -0.116. The van der Waals surface area contributed by atoms with Crippen LogP contribution in [-0.4, -0.2) is 20.1 Å². The molecule has 0 atom stereocenters. The highest BCUT2D eigenvalue weighted by molar-refractivity contribution is 5.91. The molecule has 2 aromatic rings. The van der Waals surface area contributed by atoms with Crippen molar-refractivity contribution in [3.63, 3.8) is 0 Å². The summed E-state index contributed by atoms with van der Waals surface area (Å²) in [6, 6.07) is 11.7. The quantitative estimate of drug-likeness (QED) is 0.833. The normalized spacial score (nSPS) is 10.6. The molecule has 0 aliphatic heterocycles. The van der Waals surface area contributed by atoms with Crippen molar-refractivity contribution < 1.29 is 18.7 Å². The monoisotopic (exact) mass is 315 g/mol. The van der Waals surface area contributed by atoms with Crippen molar-refractivity contribution in [2.75, 3.05) is 14.2 Å². The Kier molecular flexibility index (Phi) is 5.74. The summed E-state index contributed by atoms with van der Waals surface area (Å²) in [4.78, 5) is 11.8. The molecule has 0 aliphatic rings. The minimum atomic E-state index is -0.336. The molecule has 23 heavy (non-hydrogen) atoms. The highest BCUT2D eigenvalue weighted by atomic mass is 19.1. The zero-order valence-corrected chi connectivity index (χ0v) is 13.0. The van der Waals surface area contributed by atoms with Crippen LogP contribution < -0.4 is 14.8 Å². The molecule has 2 rings (SSSR count). The fourth-order valence-electron chi connectivity index (χ4n) is 2.01. The van der Waals surface area contributed by atoms with Crippen LogP contribution >= 0.6 is 0 Å². The molecule has 0 radical (unpaired) electrons. The SMILES string of the molecule is COc1ccc(/C=C/C(=O)NCc2ccccc2F)cc1OC. The van der Waals surface area contributed by atoms with Gasteiger partial charge in [-0.15, -0.1) is 0 Å². The highest BCUT2D eigenvalue weighted by Crippen LogP contribution is 2.27. The molecule has 0 aromatic heterocycles. The van der Waals surface area contributed by atoms with Crippen molar-refractivity contribution in [3.8, 4) is 11.5 Å². The van der Waals surface area contributed by atoms with E-state index in [4.69, 9.17) is 9.47 Å². The summed E-state index contributed by atoms with van der Waals surface area (Å²) in [7, 11) is 3.11. The predicted octanol–water partition coefficient (Wildman–Crippen LogP) is 3.17. The Morgan fingerprint density at radius 1 is 1.13 bits per heavy atom. The summed E-state index contributed by atoms with van der Waals surface area (Å²) in [6.07, 6.45) is 3.04. The van der Waals surface area contributed by atoms with E-state index in [1.165, 1.54) is 12.1 Å². The maximum Gasteiger partial charge on any atom is 0.244 e. The van der Waals surface area contributed by atoms with E-state index >= 15 is 0 Å². The Balaban J connectivity index is 1.97. The van der Waals surface area contributed by atoms with Gasteiger partial charge in [-0.2, -0.15) is 0 Å². The van der Waals surface area contributed by atoms with Gasteiger partial charge in [0, 0.05) is 18.2 Å². The van der Waals surface area contributed by atoms with E-state index in [-0.39, 0.29) is 18.3 Å². The fraction of sp³-hybridized carbons (Fsp3) is 0.167. The molecule has 1 amide bonds. The lowest BCUT2D eigenvalue weighted by Gasteiger charge is -2.07. The lowest BCUT2D eigenvalue weighted by Crippen LogP contribution is -2.20. The third-order valence-corrected chi connectivity index (χ3v) is 3.25. The van der Waals surface area contributed by atoms with Gasteiger partial charge < -0.3 is 14.8 Å². The molecule has 0 fully saturated rings. The number of benzene rings is 2. The molecule has 4 nitrogen and oxygen atoms in total. The van der Waals surface area contributed by atoms with E-state index in [2.05, 4.69) is 5.32 Å². The van der Waals surface area contributed by atoms with Gasteiger partial charge in [0.2, 0.25) is 5.91 Å². The second kappa shape index (κ2) is 7.98. The van der Waals surface area contributed by atoms with Gasteiger partial charge in [0.25, 0.3) is 0 Å². The van der Waals surface area contributed by atoms with Crippen LogP contribution in [0.2, 0.25) is 0 Å². The number of nitrogens with one attached hydrogen (secondary N) is 1. The molecule has 0 saturated heterocycles. The summed E-state index contributed by atoms with van der Waals surface area (Å²) in [6.45, 7) is 0.141. The van der Waals surface area contributed by atoms with Crippen LogP contribution in [0.5, 0.6) is 11.5 Å². The van der Waals surface area contributed by atoms with Crippen LogP contribution in [0.4, 0.5) is 4.39 Å². The van der Waals surface area contributed by atoms with Gasteiger partial charge in [0.05, 0.1) is 14.2 Å². The van der Waals surface area contributed by atoms with E-state index < -0.39 is 0 Å². The molecule has 120 valence electrons. The second-order valence-corrected chi connectivity index (χ2v) is 4.76. The number of amides is 1. The van der Waals surface area contributed by atoms with Crippen molar-refractivity contribution in [1.29, 1.82) is 0 Å². The zero-order valence-electron chi connectivity index (χ0n) is 13.0. The van der Waals surface area contributed by atoms with Crippen LogP contribution in [0.15, 0.2) is 48.5 Å². The second-order valence-electron chi connectivity index (χ2n) is 4.76. The van der Waals surface area contributed by atoms with Crippen molar-refractivity contribution in [3.05, 3.63) is 65.5 Å². The van der Waals surface area contributed by atoms with Crippen LogP contribution in [0.3, 0.4) is 0 Å². The maximum absolute atomic E-state index is 13.5. The lowest BCUT2D eigenvalue weighted by atomic mass is 10.2. The number of carbonyl (C=O) groups is 1. The maximum atomic E-state index is 13.5. The molecule has 0 heterocycles. The number of hydrogen-bond donors (Lipinski definition) is 1. The summed E-state index contributed by atoms with van der Waals surface area (Å²) in [5, 5.41) is 2.64. The standard InChI is InChI=1S/C18H18FNO3/c1-22-16-9-7-13(11-17(16)23-2)8-10-18(21)20-12-14-5-3-4-6-15(14)19/h3-11H,12H2,1-2H3,(H,20,21)/b10-8+. The van der Waals surface area contributed by atoms with Crippen molar-refractivity contribution in [1.82, 2.24) is 5.32 Å². The number of ether oxygens (including phenoxy) is 2. The Morgan fingerprint density at radius 2 is 1.87 bits per heavy atom. The molecule has 2 aromatic carbocycles. The van der Waals surface area contributed by atoms with Crippen LogP contribution in [-0.2, 0) is 11.3 Å². The Bertz CT molecular complexity index is 713. The molecule has 5 heteroatoms. The molecule has 0 unspecified atom stereocenters. The van der Waals surface area contributed by atoms with Crippen molar-refractivity contribution in [2.45, 2.75) is 6.54 Å². The summed E-state index contributed by atoms with van der Waals surface area (Å²) < 4.78 is 23.8. The third-order valence-electron chi connectivity index (χ3n) is 3.25. The molecular weight excluding hydrogens is 297 g/mol. The van der Waals surface area contributed by atoms with E-state index in [1.807, 2.05) is 6.07 Å². The molecule has 0 saturated carbocycles. The molecule has 1 N–H and O–H groups in total. The van der Waals surface area contributed by atoms with Crippen LogP contribution in [0.1, 0.15) is 11.1 Å². The number of halogens is 1. The average molecular weight is 315 g/mol. The average Bonchev–Trinajstić information content (AvgIpc) is 2.58. The molecule has 0 spiro atoms. The molecular formula is C18H18FNO3. The van der Waals surface area contributed by atoms with Gasteiger partial charge in [-0.3, -0.25) is 4.79 Å². The minimum Gasteiger partial charge on any atom is -0.493 e. The first kappa shape index (κ1) is 16.5. The Labute approximate surface area is 134 Å². The number of rotatable bonds is 6. The first-order chi connectivity index (χ1) is 11.1. The van der Waals surface area contributed by atoms with E-state index in [0.29, 0.717) is 17.1 Å². The van der Waals surface area contributed by atoms with Crippen LogP contribution in [0, 0.1) is 5.82 Å². The predicted molar refractivity (Wildman–Crippen MR) is 86.8 cm³/mol. The largest absolute Gasteiger partial charge is 0.493 e. The minimum absolute atomic E-state index is 0.141. The van der Waals surface area contributed by atoms with Gasteiger partial charge in [-0.25, -0.2) is 4.39 Å². The Morgan fingerprint density at radius 3 is 2.57 bits per heavy atom. The molecule has 0 bridgehead atoms. The first-order valence-electron chi connectivity index (χ1n) is 7.05. The van der Waals surface area contributed by atoms with Gasteiger partial charge in [-0.1, -0.05) is 24.3 Å². The van der Waals surface area contributed by atoms with Gasteiger partial charge in [0.1, 0.15) is 5.82 Å². The van der Waals surface area contributed by atoms with Crippen LogP contribution in [0.25, 0.3) is 6.08 Å². The summed E-state index contributed by atoms with van der Waals surface area (Å²) in [5.74, 6) is 0.565. The smallest absolute Gasteiger partial charge is 0.244 e. The zero-order chi connectivity index (χ0) is 16.7. The van der Waals surface area contributed by atoms with Crippen molar-refractivity contribution in [2.24, 2.45) is 0 Å². The summed E-state index contributed by atoms with van der Waals surface area (Å²) in [5.41, 5.74) is 1.24. The van der Waals surface area contributed by atoms with E-state index in [9.17, 15) is 9.18 Å². The van der Waals surface area contributed by atoms with Crippen molar-refractivity contribution >= 4 is 12.0 Å². The van der Waals surface area contributed by atoms with Gasteiger partial charge in [-0.05, 0) is 29.8 Å². The summed E-state index contributed by atoms with van der Waals surface area (Å²) >= 11 is 0.